The average Bonchev–Trinajstić information content (AvgIpc) is 2.64. The van der Waals surface area contributed by atoms with Crippen molar-refractivity contribution >= 4 is 17.6 Å². The van der Waals surface area contributed by atoms with E-state index in [1.54, 1.807) is 19.9 Å². The van der Waals surface area contributed by atoms with E-state index in [0.717, 1.165) is 0 Å². The predicted octanol–water partition coefficient (Wildman–Crippen LogP) is 2.94. The standard InChI is InChI=1S/C18H19F3N4O3/c1-11(2)16(26)25-14-8-13(4-6-22-14)17(27)24-9-12-3-5-23-15(7-12)28-10-18(19,20)21/h3-8,11H,9-10H2,1-2H3,(H,24,27)(H,22,25,26). The van der Waals surface area contributed by atoms with Crippen LogP contribution >= 0.6 is 0 Å². The molecule has 0 unspecified atom stereocenters. The summed E-state index contributed by atoms with van der Waals surface area (Å²) in [5, 5.41) is 5.23. The van der Waals surface area contributed by atoms with Gasteiger partial charge in [-0.05, 0) is 23.8 Å². The fraction of sp³-hybridized carbons (Fsp3) is 0.333. The number of hydrogen-bond acceptors (Lipinski definition) is 5. The molecule has 2 rings (SSSR count). The Morgan fingerprint density at radius 2 is 1.86 bits per heavy atom. The number of aromatic nitrogens is 2. The Labute approximate surface area is 159 Å². The van der Waals surface area contributed by atoms with Crippen LogP contribution in [0.1, 0.15) is 29.8 Å². The minimum absolute atomic E-state index is 0.0553. The summed E-state index contributed by atoms with van der Waals surface area (Å²) in [5.74, 6) is -0.838. The molecule has 7 nitrogen and oxygen atoms in total. The van der Waals surface area contributed by atoms with E-state index in [4.69, 9.17) is 0 Å². The van der Waals surface area contributed by atoms with Crippen LogP contribution in [-0.4, -0.2) is 34.6 Å². The van der Waals surface area contributed by atoms with Crippen LogP contribution in [0, 0.1) is 5.92 Å². The summed E-state index contributed by atoms with van der Waals surface area (Å²) in [7, 11) is 0. The van der Waals surface area contributed by atoms with Gasteiger partial charge in [0.25, 0.3) is 5.91 Å². The zero-order valence-electron chi connectivity index (χ0n) is 15.2. The highest BCUT2D eigenvalue weighted by atomic mass is 19.4. The summed E-state index contributed by atoms with van der Waals surface area (Å²) in [5.41, 5.74) is 0.791. The summed E-state index contributed by atoms with van der Waals surface area (Å²) in [6, 6.07) is 5.76. The monoisotopic (exact) mass is 396 g/mol. The van der Waals surface area contributed by atoms with Gasteiger partial charge in [-0.2, -0.15) is 13.2 Å². The molecule has 0 radical (unpaired) electrons. The first kappa shape index (κ1) is 21.1. The molecule has 28 heavy (non-hydrogen) atoms. The first-order valence-corrected chi connectivity index (χ1v) is 8.33. The zero-order valence-corrected chi connectivity index (χ0v) is 15.2. The molecule has 0 bridgehead atoms. The normalized spacial score (nSPS) is 11.2. The Bertz CT molecular complexity index is 841. The van der Waals surface area contributed by atoms with Gasteiger partial charge in [0.1, 0.15) is 5.82 Å². The summed E-state index contributed by atoms with van der Waals surface area (Å²) in [6.07, 6.45) is -1.78. The molecule has 2 heterocycles. The highest BCUT2D eigenvalue weighted by molar-refractivity contribution is 5.96. The van der Waals surface area contributed by atoms with Crippen molar-refractivity contribution in [3.63, 3.8) is 0 Å². The number of anilines is 1. The Balaban J connectivity index is 1.96. The number of alkyl halides is 3. The quantitative estimate of drug-likeness (QED) is 0.751. The van der Waals surface area contributed by atoms with E-state index in [1.165, 1.54) is 30.6 Å². The third-order valence-electron chi connectivity index (χ3n) is 3.43. The molecule has 2 amide bonds. The Morgan fingerprint density at radius 3 is 2.54 bits per heavy atom. The van der Waals surface area contributed by atoms with Gasteiger partial charge in [-0.15, -0.1) is 0 Å². The summed E-state index contributed by atoms with van der Waals surface area (Å²) >= 11 is 0. The number of rotatable bonds is 7. The van der Waals surface area contributed by atoms with Crippen molar-refractivity contribution in [2.75, 3.05) is 11.9 Å². The first-order valence-electron chi connectivity index (χ1n) is 8.33. The van der Waals surface area contributed by atoms with Gasteiger partial charge < -0.3 is 15.4 Å². The number of nitrogens with zero attached hydrogens (tertiary/aromatic N) is 2. The lowest BCUT2D eigenvalue weighted by molar-refractivity contribution is -0.154. The topological polar surface area (TPSA) is 93.2 Å². The molecule has 2 aromatic rings. The molecular weight excluding hydrogens is 377 g/mol. The molecule has 0 spiro atoms. The Morgan fingerprint density at radius 1 is 1.14 bits per heavy atom. The fourth-order valence-corrected chi connectivity index (χ4v) is 1.99. The van der Waals surface area contributed by atoms with Crippen LogP contribution in [0.25, 0.3) is 0 Å². The third kappa shape index (κ3) is 6.86. The molecule has 0 aliphatic carbocycles. The van der Waals surface area contributed by atoms with Crippen molar-refractivity contribution in [1.29, 1.82) is 0 Å². The minimum atomic E-state index is -4.46. The molecule has 0 atom stereocenters. The maximum absolute atomic E-state index is 12.3. The second-order valence-corrected chi connectivity index (χ2v) is 6.16. The third-order valence-corrected chi connectivity index (χ3v) is 3.43. The highest BCUT2D eigenvalue weighted by Crippen LogP contribution is 2.17. The van der Waals surface area contributed by atoms with Gasteiger partial charge in [0, 0.05) is 36.5 Å². The molecule has 0 fully saturated rings. The van der Waals surface area contributed by atoms with Crippen LogP contribution in [0.2, 0.25) is 0 Å². The zero-order chi connectivity index (χ0) is 20.7. The number of nitrogens with one attached hydrogen (secondary N) is 2. The van der Waals surface area contributed by atoms with Crippen LogP contribution in [0.4, 0.5) is 19.0 Å². The van der Waals surface area contributed by atoms with Crippen LogP contribution < -0.4 is 15.4 Å². The molecule has 0 aliphatic heterocycles. The van der Waals surface area contributed by atoms with Gasteiger partial charge in [-0.1, -0.05) is 13.8 Å². The predicted molar refractivity (Wildman–Crippen MR) is 94.7 cm³/mol. The first-order chi connectivity index (χ1) is 13.1. The second-order valence-electron chi connectivity index (χ2n) is 6.16. The number of amides is 2. The van der Waals surface area contributed by atoms with Gasteiger partial charge in [0.2, 0.25) is 11.8 Å². The summed E-state index contributed by atoms with van der Waals surface area (Å²) in [4.78, 5) is 31.7. The van der Waals surface area contributed by atoms with Gasteiger partial charge in [0.05, 0.1) is 0 Å². The SMILES string of the molecule is CC(C)C(=O)Nc1cc(C(=O)NCc2ccnc(OCC(F)(F)F)c2)ccn1. The van der Waals surface area contributed by atoms with Gasteiger partial charge in [0.15, 0.2) is 6.61 Å². The summed E-state index contributed by atoms with van der Waals surface area (Å²) < 4.78 is 41.2. The smallest absolute Gasteiger partial charge is 0.422 e. The molecule has 0 aliphatic rings. The van der Waals surface area contributed by atoms with E-state index in [9.17, 15) is 22.8 Å². The van der Waals surface area contributed by atoms with E-state index in [2.05, 4.69) is 25.3 Å². The van der Waals surface area contributed by atoms with E-state index < -0.39 is 18.7 Å². The molecule has 150 valence electrons. The van der Waals surface area contributed by atoms with E-state index in [-0.39, 0.29) is 35.6 Å². The Kier molecular flexibility index (Phi) is 6.91. The van der Waals surface area contributed by atoms with Crippen LogP contribution in [0.3, 0.4) is 0 Å². The lowest BCUT2D eigenvalue weighted by Crippen LogP contribution is -2.24. The molecule has 0 aromatic carbocycles. The molecule has 10 heteroatoms. The van der Waals surface area contributed by atoms with Crippen LogP contribution in [0.5, 0.6) is 5.88 Å². The molecule has 0 saturated heterocycles. The molecule has 2 N–H and O–H groups in total. The molecular formula is C18H19F3N4O3. The maximum Gasteiger partial charge on any atom is 0.422 e. The van der Waals surface area contributed by atoms with Crippen molar-refractivity contribution in [3.05, 3.63) is 47.8 Å². The highest BCUT2D eigenvalue weighted by Gasteiger charge is 2.28. The fourth-order valence-electron chi connectivity index (χ4n) is 1.99. The van der Waals surface area contributed by atoms with Crippen LogP contribution in [-0.2, 0) is 11.3 Å². The number of halogens is 3. The van der Waals surface area contributed by atoms with Crippen LogP contribution in [0.15, 0.2) is 36.7 Å². The lowest BCUT2D eigenvalue weighted by Gasteiger charge is -2.10. The number of carbonyl (C=O) groups excluding carboxylic acids is 2. The second kappa shape index (κ2) is 9.16. The van der Waals surface area contributed by atoms with Gasteiger partial charge in [-0.25, -0.2) is 9.97 Å². The molecule has 2 aromatic heterocycles. The van der Waals surface area contributed by atoms with Crippen molar-refractivity contribution in [1.82, 2.24) is 15.3 Å². The van der Waals surface area contributed by atoms with E-state index in [1.807, 2.05) is 0 Å². The van der Waals surface area contributed by atoms with Crippen molar-refractivity contribution < 1.29 is 27.5 Å². The van der Waals surface area contributed by atoms with Crippen molar-refractivity contribution in [3.8, 4) is 5.88 Å². The molecule has 0 saturated carbocycles. The maximum atomic E-state index is 12.3. The van der Waals surface area contributed by atoms with E-state index >= 15 is 0 Å². The number of pyridine rings is 2. The number of hydrogen-bond donors (Lipinski definition) is 2. The van der Waals surface area contributed by atoms with Crippen molar-refractivity contribution in [2.45, 2.75) is 26.6 Å². The van der Waals surface area contributed by atoms with Gasteiger partial charge >= 0.3 is 6.18 Å². The lowest BCUT2D eigenvalue weighted by atomic mass is 10.2. The Hall–Kier alpha value is -3.17. The summed E-state index contributed by atoms with van der Waals surface area (Å²) in [6.45, 7) is 2.07. The number of ether oxygens (including phenoxy) is 1. The average molecular weight is 396 g/mol. The van der Waals surface area contributed by atoms with Gasteiger partial charge in [-0.3, -0.25) is 9.59 Å². The van der Waals surface area contributed by atoms with E-state index in [0.29, 0.717) is 5.56 Å². The minimum Gasteiger partial charge on any atom is -0.468 e. The van der Waals surface area contributed by atoms with Crippen molar-refractivity contribution in [2.24, 2.45) is 5.92 Å². The largest absolute Gasteiger partial charge is 0.468 e. The number of carbonyl (C=O) groups is 2.